The lowest BCUT2D eigenvalue weighted by Gasteiger charge is -2.30. The molecule has 0 saturated carbocycles. The summed E-state index contributed by atoms with van der Waals surface area (Å²) in [5.41, 5.74) is 1.30. The van der Waals surface area contributed by atoms with E-state index < -0.39 is 0 Å². The van der Waals surface area contributed by atoms with Crippen molar-refractivity contribution in [3.05, 3.63) is 35.9 Å². The first-order chi connectivity index (χ1) is 7.69. The highest BCUT2D eigenvalue weighted by atomic mass is 16.3. The maximum atomic E-state index is 9.92. The number of hydrogen-bond acceptors (Lipinski definition) is 2. The third-order valence-electron chi connectivity index (χ3n) is 3.12. The summed E-state index contributed by atoms with van der Waals surface area (Å²) in [5, 5.41) is 9.92. The Morgan fingerprint density at radius 3 is 2.25 bits per heavy atom. The quantitative estimate of drug-likeness (QED) is 0.798. The predicted octanol–water partition coefficient (Wildman–Crippen LogP) is 2.67. The second kappa shape index (κ2) is 6.66. The first-order valence-electron chi connectivity index (χ1n) is 6.11. The molecule has 0 aliphatic heterocycles. The molecule has 1 aromatic rings. The van der Waals surface area contributed by atoms with Crippen LogP contribution in [0.4, 0.5) is 0 Å². The molecule has 1 N–H and O–H groups in total. The summed E-state index contributed by atoms with van der Waals surface area (Å²) in [4.78, 5) is 2.24. The van der Waals surface area contributed by atoms with Crippen LogP contribution in [0.25, 0.3) is 0 Å². The summed E-state index contributed by atoms with van der Waals surface area (Å²) < 4.78 is 0. The fourth-order valence-corrected chi connectivity index (χ4v) is 2.14. The molecule has 0 aromatic heterocycles. The lowest BCUT2D eigenvalue weighted by molar-refractivity contribution is 0.0544. The highest BCUT2D eigenvalue weighted by Crippen LogP contribution is 2.13. The number of aliphatic hydroxyl groups is 1. The molecule has 0 amide bonds. The van der Waals surface area contributed by atoms with Gasteiger partial charge in [0.15, 0.2) is 0 Å². The first-order valence-corrected chi connectivity index (χ1v) is 6.11. The SMILES string of the molecule is CCC(O)C(CC)N(C)Cc1ccccc1. The van der Waals surface area contributed by atoms with Crippen LogP contribution in [0.5, 0.6) is 0 Å². The summed E-state index contributed by atoms with van der Waals surface area (Å²) in [5.74, 6) is 0. The average molecular weight is 221 g/mol. The predicted molar refractivity (Wildman–Crippen MR) is 68.3 cm³/mol. The maximum Gasteiger partial charge on any atom is 0.0692 e. The summed E-state index contributed by atoms with van der Waals surface area (Å²) in [6.07, 6.45) is 1.58. The largest absolute Gasteiger partial charge is 0.392 e. The maximum absolute atomic E-state index is 9.92. The van der Waals surface area contributed by atoms with Crippen molar-refractivity contribution in [1.29, 1.82) is 0 Å². The van der Waals surface area contributed by atoms with Crippen LogP contribution in [0.1, 0.15) is 32.3 Å². The van der Waals surface area contributed by atoms with Crippen molar-refractivity contribution in [2.75, 3.05) is 7.05 Å². The molecular formula is C14H23NO. The topological polar surface area (TPSA) is 23.5 Å². The zero-order valence-electron chi connectivity index (χ0n) is 10.6. The Kier molecular flexibility index (Phi) is 5.50. The van der Waals surface area contributed by atoms with Crippen LogP contribution in [0.15, 0.2) is 30.3 Å². The minimum Gasteiger partial charge on any atom is -0.392 e. The molecule has 0 aliphatic carbocycles. The molecule has 2 unspecified atom stereocenters. The lowest BCUT2D eigenvalue weighted by Crippen LogP contribution is -2.40. The third-order valence-corrected chi connectivity index (χ3v) is 3.12. The average Bonchev–Trinajstić information content (AvgIpc) is 2.31. The van der Waals surface area contributed by atoms with Crippen LogP contribution in [-0.4, -0.2) is 29.2 Å². The number of hydrogen-bond donors (Lipinski definition) is 1. The van der Waals surface area contributed by atoms with Gasteiger partial charge < -0.3 is 5.11 Å². The summed E-state index contributed by atoms with van der Waals surface area (Å²) >= 11 is 0. The molecule has 1 rings (SSSR count). The van der Waals surface area contributed by atoms with Crippen molar-refractivity contribution in [3.8, 4) is 0 Å². The van der Waals surface area contributed by atoms with Crippen LogP contribution in [0.3, 0.4) is 0 Å². The van der Waals surface area contributed by atoms with Gasteiger partial charge in [-0.05, 0) is 25.5 Å². The van der Waals surface area contributed by atoms with Gasteiger partial charge in [-0.3, -0.25) is 4.90 Å². The number of nitrogens with zero attached hydrogens (tertiary/aromatic N) is 1. The Morgan fingerprint density at radius 1 is 1.12 bits per heavy atom. The Hall–Kier alpha value is -0.860. The Bertz CT molecular complexity index is 286. The normalized spacial score (nSPS) is 15.1. The molecule has 0 heterocycles. The van der Waals surface area contributed by atoms with E-state index in [-0.39, 0.29) is 12.1 Å². The zero-order valence-corrected chi connectivity index (χ0v) is 10.6. The molecule has 0 radical (unpaired) electrons. The lowest BCUT2D eigenvalue weighted by atomic mass is 10.0. The highest BCUT2D eigenvalue weighted by molar-refractivity contribution is 5.14. The van der Waals surface area contributed by atoms with Crippen molar-refractivity contribution in [2.24, 2.45) is 0 Å². The zero-order chi connectivity index (χ0) is 12.0. The van der Waals surface area contributed by atoms with E-state index in [1.54, 1.807) is 0 Å². The number of rotatable bonds is 6. The molecule has 1 aromatic carbocycles. The Labute approximate surface area is 98.9 Å². The summed E-state index contributed by atoms with van der Waals surface area (Å²) in [7, 11) is 2.08. The van der Waals surface area contributed by atoms with Crippen molar-refractivity contribution in [1.82, 2.24) is 4.90 Å². The fourth-order valence-electron chi connectivity index (χ4n) is 2.14. The van der Waals surface area contributed by atoms with Gasteiger partial charge in [0, 0.05) is 12.6 Å². The van der Waals surface area contributed by atoms with E-state index in [0.29, 0.717) is 0 Å². The summed E-state index contributed by atoms with van der Waals surface area (Å²) in [6.45, 7) is 5.06. The van der Waals surface area contributed by atoms with Crippen molar-refractivity contribution < 1.29 is 5.11 Å². The van der Waals surface area contributed by atoms with Crippen LogP contribution in [0, 0.1) is 0 Å². The van der Waals surface area contributed by atoms with Gasteiger partial charge in [-0.2, -0.15) is 0 Å². The molecule has 16 heavy (non-hydrogen) atoms. The van der Waals surface area contributed by atoms with Crippen molar-refractivity contribution in [3.63, 3.8) is 0 Å². The van der Waals surface area contributed by atoms with Crippen LogP contribution in [-0.2, 0) is 6.54 Å². The molecule has 0 fully saturated rings. The van der Waals surface area contributed by atoms with E-state index in [2.05, 4.69) is 43.1 Å². The van der Waals surface area contributed by atoms with Crippen molar-refractivity contribution >= 4 is 0 Å². The molecule has 2 nitrogen and oxygen atoms in total. The van der Waals surface area contributed by atoms with Gasteiger partial charge in [-0.15, -0.1) is 0 Å². The van der Waals surface area contributed by atoms with Gasteiger partial charge in [0.1, 0.15) is 0 Å². The summed E-state index contributed by atoms with van der Waals surface area (Å²) in [6, 6.07) is 10.6. The van der Waals surface area contributed by atoms with E-state index in [1.807, 2.05) is 13.0 Å². The van der Waals surface area contributed by atoms with Crippen LogP contribution >= 0.6 is 0 Å². The third kappa shape index (κ3) is 3.62. The molecule has 2 atom stereocenters. The van der Waals surface area contributed by atoms with Gasteiger partial charge in [-0.25, -0.2) is 0 Å². The molecule has 90 valence electrons. The molecule has 0 aliphatic rings. The van der Waals surface area contributed by atoms with Crippen LogP contribution < -0.4 is 0 Å². The van der Waals surface area contributed by atoms with Gasteiger partial charge in [-0.1, -0.05) is 44.2 Å². The Morgan fingerprint density at radius 2 is 1.75 bits per heavy atom. The van der Waals surface area contributed by atoms with Gasteiger partial charge in [0.05, 0.1) is 6.10 Å². The molecule has 2 heteroatoms. The van der Waals surface area contributed by atoms with E-state index in [1.165, 1.54) is 5.56 Å². The van der Waals surface area contributed by atoms with Crippen LogP contribution in [0.2, 0.25) is 0 Å². The fraction of sp³-hybridized carbons (Fsp3) is 0.571. The first kappa shape index (κ1) is 13.2. The second-order valence-electron chi connectivity index (χ2n) is 4.35. The number of aliphatic hydroxyl groups excluding tert-OH is 1. The van der Waals surface area contributed by atoms with E-state index in [9.17, 15) is 5.11 Å². The van der Waals surface area contributed by atoms with E-state index >= 15 is 0 Å². The van der Waals surface area contributed by atoms with Gasteiger partial charge in [0.2, 0.25) is 0 Å². The number of likely N-dealkylation sites (N-methyl/N-ethyl adjacent to an activating group) is 1. The standard InChI is InChI=1S/C14H23NO/c1-4-13(14(16)5-2)15(3)11-12-9-7-6-8-10-12/h6-10,13-14,16H,4-5,11H2,1-3H3. The van der Waals surface area contributed by atoms with Gasteiger partial charge in [0.25, 0.3) is 0 Å². The smallest absolute Gasteiger partial charge is 0.0692 e. The van der Waals surface area contributed by atoms with Crippen molar-refractivity contribution in [2.45, 2.75) is 45.4 Å². The highest BCUT2D eigenvalue weighted by Gasteiger charge is 2.20. The van der Waals surface area contributed by atoms with Gasteiger partial charge >= 0.3 is 0 Å². The minimum atomic E-state index is -0.223. The van der Waals surface area contributed by atoms with E-state index in [4.69, 9.17) is 0 Å². The van der Waals surface area contributed by atoms with E-state index in [0.717, 1.165) is 19.4 Å². The molecule has 0 saturated heterocycles. The molecule has 0 bridgehead atoms. The second-order valence-corrected chi connectivity index (χ2v) is 4.35. The number of benzene rings is 1. The molecule has 0 spiro atoms. The minimum absolute atomic E-state index is 0.223. The Balaban J connectivity index is 2.59. The monoisotopic (exact) mass is 221 g/mol. The molecular weight excluding hydrogens is 198 g/mol.